The van der Waals surface area contributed by atoms with Gasteiger partial charge in [-0.1, -0.05) is 6.92 Å². The van der Waals surface area contributed by atoms with E-state index in [1.807, 2.05) is 13.8 Å². The van der Waals surface area contributed by atoms with Crippen LogP contribution >= 0.6 is 0 Å². The lowest BCUT2D eigenvalue weighted by atomic mass is 10.3. The van der Waals surface area contributed by atoms with E-state index in [0.29, 0.717) is 12.3 Å². The number of aryl methyl sites for hydroxylation is 1. The Morgan fingerprint density at radius 2 is 2.50 bits per heavy atom. The van der Waals surface area contributed by atoms with Gasteiger partial charge < -0.3 is 4.74 Å². The third-order valence-corrected chi connectivity index (χ3v) is 1.47. The van der Waals surface area contributed by atoms with Gasteiger partial charge in [-0.15, -0.1) is 0 Å². The molecule has 0 radical (unpaired) electrons. The van der Waals surface area contributed by atoms with Crippen molar-refractivity contribution in [2.45, 2.75) is 20.3 Å². The average Bonchev–Trinajstić information content (AvgIpc) is 2.47. The number of nitrogens with zero attached hydrogens (tertiary/aromatic N) is 1. The van der Waals surface area contributed by atoms with Crippen molar-refractivity contribution in [3.05, 3.63) is 17.5 Å². The number of nitrogens with one attached hydrogen (secondary N) is 1. The van der Waals surface area contributed by atoms with Crippen LogP contribution in [0.4, 0.5) is 0 Å². The highest BCUT2D eigenvalue weighted by Crippen LogP contribution is 2.03. The van der Waals surface area contributed by atoms with Crippen LogP contribution in [0.3, 0.4) is 0 Å². The molecule has 4 heteroatoms. The van der Waals surface area contributed by atoms with Crippen LogP contribution in [0.25, 0.3) is 0 Å². The first-order valence-corrected chi connectivity index (χ1v) is 3.92. The van der Waals surface area contributed by atoms with E-state index >= 15 is 0 Å². The molecule has 1 heterocycles. The van der Waals surface area contributed by atoms with Gasteiger partial charge in [-0.2, -0.15) is 5.10 Å². The highest BCUT2D eigenvalue weighted by molar-refractivity contribution is 5.88. The number of aromatic amines is 1. The molecule has 12 heavy (non-hydrogen) atoms. The number of rotatable bonds is 3. The number of ether oxygens (including phenoxy) is 1. The van der Waals surface area contributed by atoms with Gasteiger partial charge in [-0.3, -0.25) is 5.10 Å². The van der Waals surface area contributed by atoms with Crippen molar-refractivity contribution in [1.82, 2.24) is 10.2 Å². The highest BCUT2D eigenvalue weighted by atomic mass is 16.5. The molecule has 0 spiro atoms. The van der Waals surface area contributed by atoms with Crippen LogP contribution in [0.5, 0.6) is 0 Å². The maximum absolute atomic E-state index is 11.2. The Kier molecular flexibility index (Phi) is 2.85. The van der Waals surface area contributed by atoms with Gasteiger partial charge in [0.25, 0.3) is 0 Å². The van der Waals surface area contributed by atoms with E-state index in [-0.39, 0.29) is 5.97 Å². The van der Waals surface area contributed by atoms with Crippen LogP contribution < -0.4 is 0 Å². The summed E-state index contributed by atoms with van der Waals surface area (Å²) in [6, 6.07) is 0. The number of esters is 1. The van der Waals surface area contributed by atoms with Gasteiger partial charge in [-0.25, -0.2) is 4.79 Å². The third kappa shape index (κ3) is 1.84. The summed E-state index contributed by atoms with van der Waals surface area (Å²) in [4.78, 5) is 11.2. The second-order valence-corrected chi connectivity index (χ2v) is 2.56. The fraction of sp³-hybridized carbons (Fsp3) is 0.500. The number of carbonyl (C=O) groups is 1. The molecular formula is C8H12N2O2. The fourth-order valence-electron chi connectivity index (χ4n) is 0.820. The molecule has 0 aliphatic carbocycles. The van der Waals surface area contributed by atoms with Crippen molar-refractivity contribution in [3.63, 3.8) is 0 Å². The zero-order chi connectivity index (χ0) is 8.97. The Morgan fingerprint density at radius 3 is 3.00 bits per heavy atom. The first-order valence-electron chi connectivity index (χ1n) is 3.92. The molecule has 0 bridgehead atoms. The molecule has 66 valence electrons. The zero-order valence-corrected chi connectivity index (χ0v) is 7.26. The van der Waals surface area contributed by atoms with Gasteiger partial charge in [0.1, 0.15) is 5.69 Å². The number of carbonyl (C=O) groups excluding carboxylic acids is 1. The molecule has 0 saturated carbocycles. The first kappa shape index (κ1) is 8.77. The second-order valence-electron chi connectivity index (χ2n) is 2.56. The van der Waals surface area contributed by atoms with Crippen LogP contribution in [-0.4, -0.2) is 22.8 Å². The molecule has 0 fully saturated rings. The number of aromatic nitrogens is 2. The molecular weight excluding hydrogens is 156 g/mol. The summed E-state index contributed by atoms with van der Waals surface area (Å²) in [5.74, 6) is -0.327. The molecule has 0 aliphatic heterocycles. The lowest BCUT2D eigenvalue weighted by Crippen LogP contribution is -2.07. The Morgan fingerprint density at radius 1 is 1.75 bits per heavy atom. The van der Waals surface area contributed by atoms with E-state index in [9.17, 15) is 4.79 Å². The van der Waals surface area contributed by atoms with Crippen LogP contribution in [0.1, 0.15) is 29.4 Å². The van der Waals surface area contributed by atoms with Crippen molar-refractivity contribution in [2.75, 3.05) is 6.61 Å². The second kappa shape index (κ2) is 3.90. The normalized spacial score (nSPS) is 9.83. The van der Waals surface area contributed by atoms with Crippen molar-refractivity contribution in [3.8, 4) is 0 Å². The highest BCUT2D eigenvalue weighted by Gasteiger charge is 2.10. The maximum Gasteiger partial charge on any atom is 0.356 e. The molecule has 1 rings (SSSR count). The predicted octanol–water partition coefficient (Wildman–Crippen LogP) is 1.28. The molecule has 1 aromatic heterocycles. The zero-order valence-electron chi connectivity index (χ0n) is 7.26. The standard InChI is InChI=1S/C8H12N2O2/c1-3-4-12-8(11)7-6(2)5-9-10-7/h5H,3-4H2,1-2H3,(H,9,10). The quantitative estimate of drug-likeness (QED) is 0.692. The van der Waals surface area contributed by atoms with E-state index in [2.05, 4.69) is 10.2 Å². The number of H-pyrrole nitrogens is 1. The summed E-state index contributed by atoms with van der Waals surface area (Å²) in [6.07, 6.45) is 2.43. The van der Waals surface area contributed by atoms with Crippen molar-refractivity contribution in [2.24, 2.45) is 0 Å². The van der Waals surface area contributed by atoms with Crippen LogP contribution in [0, 0.1) is 6.92 Å². The minimum absolute atomic E-state index is 0.327. The molecule has 1 aromatic rings. The largest absolute Gasteiger partial charge is 0.461 e. The summed E-state index contributed by atoms with van der Waals surface area (Å²) < 4.78 is 4.91. The monoisotopic (exact) mass is 168 g/mol. The number of hydrogen-bond donors (Lipinski definition) is 1. The van der Waals surface area contributed by atoms with Gasteiger partial charge >= 0.3 is 5.97 Å². The van der Waals surface area contributed by atoms with Crippen LogP contribution in [0.15, 0.2) is 6.20 Å². The summed E-state index contributed by atoms with van der Waals surface area (Å²) in [7, 11) is 0. The van der Waals surface area contributed by atoms with E-state index in [4.69, 9.17) is 4.74 Å². The lowest BCUT2D eigenvalue weighted by Gasteiger charge is -2.00. The minimum atomic E-state index is -0.327. The smallest absolute Gasteiger partial charge is 0.356 e. The van der Waals surface area contributed by atoms with Crippen LogP contribution in [-0.2, 0) is 4.74 Å². The molecule has 0 aliphatic rings. The molecule has 0 unspecified atom stereocenters. The van der Waals surface area contributed by atoms with E-state index in [1.54, 1.807) is 6.20 Å². The fourth-order valence-corrected chi connectivity index (χ4v) is 0.820. The van der Waals surface area contributed by atoms with Gasteiger partial charge in [-0.05, 0) is 13.3 Å². The summed E-state index contributed by atoms with van der Waals surface area (Å²) >= 11 is 0. The van der Waals surface area contributed by atoms with Gasteiger partial charge in [0.05, 0.1) is 12.8 Å². The molecule has 0 amide bonds. The van der Waals surface area contributed by atoms with E-state index < -0.39 is 0 Å². The van der Waals surface area contributed by atoms with E-state index in [0.717, 1.165) is 12.0 Å². The van der Waals surface area contributed by atoms with Crippen molar-refractivity contribution in [1.29, 1.82) is 0 Å². The molecule has 4 nitrogen and oxygen atoms in total. The van der Waals surface area contributed by atoms with Gasteiger partial charge in [0.15, 0.2) is 0 Å². The Hall–Kier alpha value is -1.32. The van der Waals surface area contributed by atoms with Gasteiger partial charge in [0, 0.05) is 5.56 Å². The summed E-state index contributed by atoms with van der Waals surface area (Å²) in [6.45, 7) is 4.22. The summed E-state index contributed by atoms with van der Waals surface area (Å²) in [5.41, 5.74) is 1.26. The maximum atomic E-state index is 11.2. The lowest BCUT2D eigenvalue weighted by molar-refractivity contribution is 0.0497. The van der Waals surface area contributed by atoms with Crippen molar-refractivity contribution < 1.29 is 9.53 Å². The Bertz CT molecular complexity index is 268. The molecule has 1 N–H and O–H groups in total. The Labute approximate surface area is 70.9 Å². The van der Waals surface area contributed by atoms with Crippen molar-refractivity contribution >= 4 is 5.97 Å². The molecule has 0 aromatic carbocycles. The van der Waals surface area contributed by atoms with E-state index in [1.165, 1.54) is 0 Å². The third-order valence-electron chi connectivity index (χ3n) is 1.47. The average molecular weight is 168 g/mol. The molecule has 0 atom stereocenters. The minimum Gasteiger partial charge on any atom is -0.461 e. The SMILES string of the molecule is CCCOC(=O)c1[nH]ncc1C. The number of hydrogen-bond acceptors (Lipinski definition) is 3. The van der Waals surface area contributed by atoms with Crippen LogP contribution in [0.2, 0.25) is 0 Å². The topological polar surface area (TPSA) is 55.0 Å². The van der Waals surface area contributed by atoms with Gasteiger partial charge in [0.2, 0.25) is 0 Å². The Balaban J connectivity index is 2.59. The predicted molar refractivity (Wildman–Crippen MR) is 43.9 cm³/mol. The summed E-state index contributed by atoms with van der Waals surface area (Å²) in [5, 5.41) is 6.31. The molecule has 0 saturated heterocycles. The first-order chi connectivity index (χ1) is 5.75.